The van der Waals surface area contributed by atoms with Gasteiger partial charge >= 0.3 is 11.9 Å². The smallest absolute Gasteiger partial charge is 0.333 e. The summed E-state index contributed by atoms with van der Waals surface area (Å²) in [5, 5.41) is 0.498. The number of nitrogens with zero attached hydrogens (tertiary/aromatic N) is 1. The van der Waals surface area contributed by atoms with E-state index in [2.05, 4.69) is 6.92 Å². The molecular weight excluding hydrogens is 590 g/mol. The van der Waals surface area contributed by atoms with E-state index in [9.17, 15) is 19.2 Å². The molecule has 0 aliphatic carbocycles. The molecule has 1 rings (SSSR count). The second-order valence-electron chi connectivity index (χ2n) is 14.0. The molecule has 0 aromatic carbocycles. The van der Waals surface area contributed by atoms with Crippen LogP contribution in [0.3, 0.4) is 0 Å². The van der Waals surface area contributed by atoms with E-state index >= 15 is 0 Å². The minimum Gasteiger partial charge on any atom is -0.466 e. The standard InChI is InChI=1S/C40H73NO6/c1-2-3-4-5-6-7-8-9-10-11-12-13-14-15-16-17-18-19-20-21-22-23-24-25-26-27-28-29-30-31-36-46-39(44)34-35-40(45)47-41-37(42)32-33-38(41)43/h2-36H2,1H3. The Morgan fingerprint density at radius 2 is 0.723 bits per heavy atom. The van der Waals surface area contributed by atoms with Gasteiger partial charge < -0.3 is 9.57 Å². The summed E-state index contributed by atoms with van der Waals surface area (Å²) in [6.07, 6.45) is 41.0. The molecule has 274 valence electrons. The van der Waals surface area contributed by atoms with Gasteiger partial charge in [-0.3, -0.25) is 14.4 Å². The molecule has 0 radical (unpaired) electrons. The summed E-state index contributed by atoms with van der Waals surface area (Å²) < 4.78 is 5.17. The molecule has 1 heterocycles. The number of rotatable bonds is 35. The van der Waals surface area contributed by atoms with Gasteiger partial charge in [0.1, 0.15) is 0 Å². The van der Waals surface area contributed by atoms with Gasteiger partial charge in [-0.1, -0.05) is 193 Å². The second-order valence-corrected chi connectivity index (χ2v) is 14.0. The van der Waals surface area contributed by atoms with Gasteiger partial charge in [0, 0.05) is 12.8 Å². The van der Waals surface area contributed by atoms with E-state index in [4.69, 9.17) is 9.57 Å². The molecule has 0 spiro atoms. The number of carbonyl (C=O) groups excluding carboxylic acids is 4. The first kappa shape index (κ1) is 43.1. The van der Waals surface area contributed by atoms with E-state index in [1.165, 1.54) is 173 Å². The molecular formula is C40H73NO6. The van der Waals surface area contributed by atoms with Gasteiger partial charge in [-0.15, -0.1) is 5.06 Å². The Morgan fingerprint density at radius 3 is 1.04 bits per heavy atom. The summed E-state index contributed by atoms with van der Waals surface area (Å²) >= 11 is 0. The normalized spacial score (nSPS) is 13.1. The Hall–Kier alpha value is -1.92. The van der Waals surface area contributed by atoms with Gasteiger partial charge in [0.25, 0.3) is 11.8 Å². The number of imide groups is 1. The SMILES string of the molecule is CCCCCCCCCCCCCCCCCCCCCCCCCCCCCCCCOC(=O)CCC(=O)ON1C(=O)CCC1=O. The van der Waals surface area contributed by atoms with Gasteiger partial charge in [-0.2, -0.15) is 0 Å². The highest BCUT2D eigenvalue weighted by molar-refractivity contribution is 6.01. The van der Waals surface area contributed by atoms with E-state index < -0.39 is 23.8 Å². The Kier molecular flexibility index (Phi) is 29.9. The van der Waals surface area contributed by atoms with E-state index in [1.54, 1.807) is 0 Å². The summed E-state index contributed by atoms with van der Waals surface area (Å²) in [4.78, 5) is 51.2. The van der Waals surface area contributed by atoms with Crippen LogP contribution in [0.2, 0.25) is 0 Å². The van der Waals surface area contributed by atoms with E-state index in [0.717, 1.165) is 19.3 Å². The van der Waals surface area contributed by atoms with Crippen molar-refractivity contribution in [2.75, 3.05) is 6.61 Å². The monoisotopic (exact) mass is 664 g/mol. The van der Waals surface area contributed by atoms with Gasteiger partial charge in [-0.05, 0) is 6.42 Å². The van der Waals surface area contributed by atoms with Crippen LogP contribution in [0.5, 0.6) is 0 Å². The Bertz CT molecular complexity index is 769. The minimum atomic E-state index is -0.776. The molecule has 0 unspecified atom stereocenters. The first-order valence-corrected chi connectivity index (χ1v) is 20.3. The quantitative estimate of drug-likeness (QED) is 0.0381. The third-order valence-corrected chi connectivity index (χ3v) is 9.49. The van der Waals surface area contributed by atoms with E-state index in [-0.39, 0.29) is 25.7 Å². The zero-order valence-corrected chi connectivity index (χ0v) is 30.6. The lowest BCUT2D eigenvalue weighted by Gasteiger charge is -2.12. The third-order valence-electron chi connectivity index (χ3n) is 9.49. The van der Waals surface area contributed by atoms with Crippen molar-refractivity contribution in [2.24, 2.45) is 0 Å². The Labute approximate surface area is 289 Å². The molecule has 2 amide bonds. The fourth-order valence-electron chi connectivity index (χ4n) is 6.39. The molecule has 0 saturated carbocycles. The predicted octanol–water partition coefficient (Wildman–Crippen LogP) is 11.6. The van der Waals surface area contributed by atoms with Crippen molar-refractivity contribution in [1.29, 1.82) is 0 Å². The number of hydroxylamine groups is 2. The van der Waals surface area contributed by atoms with Crippen LogP contribution in [-0.2, 0) is 28.8 Å². The largest absolute Gasteiger partial charge is 0.466 e. The second kappa shape index (κ2) is 32.6. The molecule has 7 heteroatoms. The fraction of sp³-hybridized carbons (Fsp3) is 0.900. The number of carbonyl (C=O) groups is 4. The van der Waals surface area contributed by atoms with Crippen LogP contribution in [0.1, 0.15) is 225 Å². The van der Waals surface area contributed by atoms with Crippen molar-refractivity contribution < 1.29 is 28.8 Å². The van der Waals surface area contributed by atoms with Crippen LogP contribution < -0.4 is 0 Å². The molecule has 1 aliphatic heterocycles. The van der Waals surface area contributed by atoms with Crippen LogP contribution in [0.25, 0.3) is 0 Å². The molecule has 0 atom stereocenters. The number of hydrogen-bond donors (Lipinski definition) is 0. The lowest BCUT2D eigenvalue weighted by Crippen LogP contribution is -2.32. The number of amides is 2. The van der Waals surface area contributed by atoms with Gasteiger partial charge in [0.15, 0.2) is 0 Å². The number of ether oxygens (including phenoxy) is 1. The summed E-state index contributed by atoms with van der Waals surface area (Å²) in [5.74, 6) is -2.29. The number of hydrogen-bond acceptors (Lipinski definition) is 6. The van der Waals surface area contributed by atoms with E-state index in [1.807, 2.05) is 0 Å². The van der Waals surface area contributed by atoms with E-state index in [0.29, 0.717) is 11.7 Å². The van der Waals surface area contributed by atoms with Crippen LogP contribution >= 0.6 is 0 Å². The molecule has 0 aromatic rings. The van der Waals surface area contributed by atoms with Crippen molar-refractivity contribution in [2.45, 2.75) is 225 Å². The fourth-order valence-corrected chi connectivity index (χ4v) is 6.39. The first-order chi connectivity index (χ1) is 23.0. The van der Waals surface area contributed by atoms with Gasteiger partial charge in [0.05, 0.1) is 19.4 Å². The maximum absolute atomic E-state index is 11.8. The lowest BCUT2D eigenvalue weighted by atomic mass is 10.0. The zero-order valence-electron chi connectivity index (χ0n) is 30.6. The van der Waals surface area contributed by atoms with Crippen LogP contribution in [0.15, 0.2) is 0 Å². The molecule has 0 bridgehead atoms. The molecule has 1 aliphatic rings. The predicted molar refractivity (Wildman–Crippen MR) is 192 cm³/mol. The van der Waals surface area contributed by atoms with Crippen molar-refractivity contribution >= 4 is 23.8 Å². The van der Waals surface area contributed by atoms with Gasteiger partial charge in [-0.25, -0.2) is 4.79 Å². The molecule has 7 nitrogen and oxygen atoms in total. The van der Waals surface area contributed by atoms with Crippen LogP contribution in [0, 0.1) is 0 Å². The molecule has 0 aromatic heterocycles. The van der Waals surface area contributed by atoms with Crippen molar-refractivity contribution in [3.63, 3.8) is 0 Å². The summed E-state index contributed by atoms with van der Waals surface area (Å²) in [7, 11) is 0. The summed E-state index contributed by atoms with van der Waals surface area (Å²) in [6, 6.07) is 0. The summed E-state index contributed by atoms with van der Waals surface area (Å²) in [6.45, 7) is 2.65. The third kappa shape index (κ3) is 27.7. The maximum atomic E-state index is 11.8. The maximum Gasteiger partial charge on any atom is 0.333 e. The Balaban J connectivity index is 1.69. The highest BCUT2D eigenvalue weighted by Crippen LogP contribution is 2.17. The van der Waals surface area contributed by atoms with Crippen molar-refractivity contribution in [3.8, 4) is 0 Å². The number of esters is 1. The average molecular weight is 664 g/mol. The minimum absolute atomic E-state index is 0.0495. The molecule has 1 fully saturated rings. The highest BCUT2D eigenvalue weighted by atomic mass is 16.7. The van der Waals surface area contributed by atoms with Crippen LogP contribution in [0.4, 0.5) is 0 Å². The Morgan fingerprint density at radius 1 is 0.447 bits per heavy atom. The van der Waals surface area contributed by atoms with Gasteiger partial charge in [0.2, 0.25) is 0 Å². The van der Waals surface area contributed by atoms with Crippen LogP contribution in [-0.4, -0.2) is 35.4 Å². The lowest BCUT2D eigenvalue weighted by molar-refractivity contribution is -0.197. The molecule has 0 N–H and O–H groups in total. The topological polar surface area (TPSA) is 90.0 Å². The first-order valence-electron chi connectivity index (χ1n) is 20.3. The number of unbranched alkanes of at least 4 members (excludes halogenated alkanes) is 29. The average Bonchev–Trinajstić information content (AvgIpc) is 3.38. The highest BCUT2D eigenvalue weighted by Gasteiger charge is 2.32. The summed E-state index contributed by atoms with van der Waals surface area (Å²) in [5.41, 5.74) is 0. The van der Waals surface area contributed by atoms with Crippen molar-refractivity contribution in [3.05, 3.63) is 0 Å². The molecule has 47 heavy (non-hydrogen) atoms. The van der Waals surface area contributed by atoms with Crippen molar-refractivity contribution in [1.82, 2.24) is 5.06 Å². The molecule has 1 saturated heterocycles. The zero-order chi connectivity index (χ0) is 34.0.